The van der Waals surface area contributed by atoms with Gasteiger partial charge in [0.15, 0.2) is 0 Å². The number of carbonyl (C=O) groups is 2. The quantitative estimate of drug-likeness (QED) is 0.791. The van der Waals surface area contributed by atoms with Crippen LogP contribution in [0.1, 0.15) is 32.1 Å². The Kier molecular flexibility index (Phi) is 3.33. The number of allylic oxidation sites excluding steroid dienone is 2. The van der Waals surface area contributed by atoms with Crippen LogP contribution in [0, 0.1) is 23.7 Å². The Morgan fingerprint density at radius 2 is 1.89 bits per heavy atom. The second-order valence-corrected chi connectivity index (χ2v) is 6.25. The first-order chi connectivity index (χ1) is 9.13. The molecular formula is C15H21NO3. The van der Waals surface area contributed by atoms with Gasteiger partial charge in [0.05, 0.1) is 0 Å². The van der Waals surface area contributed by atoms with Gasteiger partial charge in [-0.15, -0.1) is 0 Å². The molecule has 1 saturated carbocycles. The molecule has 3 atom stereocenters. The fourth-order valence-corrected chi connectivity index (χ4v) is 3.90. The molecule has 2 bridgehead atoms. The number of aliphatic carboxylic acids is 1. The van der Waals surface area contributed by atoms with Crippen molar-refractivity contribution in [2.24, 2.45) is 23.7 Å². The van der Waals surface area contributed by atoms with E-state index in [1.807, 2.05) is 4.90 Å². The van der Waals surface area contributed by atoms with Gasteiger partial charge in [-0.05, 0) is 43.4 Å². The van der Waals surface area contributed by atoms with Gasteiger partial charge in [-0.3, -0.25) is 9.59 Å². The zero-order valence-corrected chi connectivity index (χ0v) is 11.1. The minimum Gasteiger partial charge on any atom is -0.481 e. The molecule has 1 amide bonds. The van der Waals surface area contributed by atoms with Crippen molar-refractivity contribution in [3.63, 3.8) is 0 Å². The number of piperidine rings is 1. The summed E-state index contributed by atoms with van der Waals surface area (Å²) < 4.78 is 0. The average molecular weight is 263 g/mol. The molecule has 1 N–H and O–H groups in total. The van der Waals surface area contributed by atoms with Crippen LogP contribution >= 0.6 is 0 Å². The zero-order chi connectivity index (χ0) is 13.4. The Balaban J connectivity index is 1.53. The normalized spacial score (nSPS) is 33.9. The van der Waals surface area contributed by atoms with Crippen molar-refractivity contribution >= 4 is 11.9 Å². The van der Waals surface area contributed by atoms with Crippen LogP contribution in [-0.4, -0.2) is 35.0 Å². The molecule has 0 aromatic carbocycles. The minimum absolute atomic E-state index is 0.200. The maximum Gasteiger partial charge on any atom is 0.303 e. The van der Waals surface area contributed by atoms with Crippen molar-refractivity contribution in [2.75, 3.05) is 13.1 Å². The van der Waals surface area contributed by atoms with Crippen LogP contribution in [-0.2, 0) is 9.59 Å². The Morgan fingerprint density at radius 3 is 2.42 bits per heavy atom. The van der Waals surface area contributed by atoms with Gasteiger partial charge in [-0.1, -0.05) is 12.2 Å². The number of carbonyl (C=O) groups excluding carboxylic acids is 1. The molecule has 1 heterocycles. The summed E-state index contributed by atoms with van der Waals surface area (Å²) in [6.45, 7) is 1.49. The number of fused-ring (bicyclic) bond motifs is 2. The van der Waals surface area contributed by atoms with Crippen molar-refractivity contribution in [1.29, 1.82) is 0 Å². The van der Waals surface area contributed by atoms with Crippen LogP contribution < -0.4 is 0 Å². The van der Waals surface area contributed by atoms with Crippen LogP contribution in [0.5, 0.6) is 0 Å². The van der Waals surface area contributed by atoms with E-state index in [0.29, 0.717) is 17.7 Å². The molecule has 0 aromatic rings. The average Bonchev–Trinajstić information content (AvgIpc) is 3.00. The largest absolute Gasteiger partial charge is 0.481 e. The molecule has 3 rings (SSSR count). The van der Waals surface area contributed by atoms with Crippen LogP contribution in [0.2, 0.25) is 0 Å². The number of hydrogen-bond donors (Lipinski definition) is 1. The van der Waals surface area contributed by atoms with E-state index in [0.717, 1.165) is 38.8 Å². The lowest BCUT2D eigenvalue weighted by atomic mass is 9.89. The monoisotopic (exact) mass is 263 g/mol. The number of hydrogen-bond acceptors (Lipinski definition) is 2. The third-order valence-electron chi connectivity index (χ3n) is 4.99. The Hall–Kier alpha value is -1.32. The summed E-state index contributed by atoms with van der Waals surface area (Å²) in [5, 5.41) is 8.80. The van der Waals surface area contributed by atoms with Crippen LogP contribution in [0.3, 0.4) is 0 Å². The van der Waals surface area contributed by atoms with E-state index in [1.165, 1.54) is 0 Å². The molecule has 2 fully saturated rings. The van der Waals surface area contributed by atoms with Crippen molar-refractivity contribution in [3.8, 4) is 0 Å². The molecular weight excluding hydrogens is 242 g/mol. The highest BCUT2D eigenvalue weighted by atomic mass is 16.4. The molecule has 4 heteroatoms. The third-order valence-corrected chi connectivity index (χ3v) is 4.99. The van der Waals surface area contributed by atoms with E-state index < -0.39 is 5.97 Å². The van der Waals surface area contributed by atoms with Crippen LogP contribution in [0.4, 0.5) is 0 Å². The highest BCUT2D eigenvalue weighted by molar-refractivity contribution is 5.80. The van der Waals surface area contributed by atoms with Crippen molar-refractivity contribution in [2.45, 2.75) is 32.1 Å². The summed E-state index contributed by atoms with van der Waals surface area (Å²) in [5.41, 5.74) is 0. The number of rotatable bonds is 3. The smallest absolute Gasteiger partial charge is 0.303 e. The fraction of sp³-hybridized carbons (Fsp3) is 0.733. The molecule has 3 aliphatic rings. The fourth-order valence-electron chi connectivity index (χ4n) is 3.90. The molecule has 0 aromatic heterocycles. The van der Waals surface area contributed by atoms with Gasteiger partial charge >= 0.3 is 5.97 Å². The van der Waals surface area contributed by atoms with E-state index in [1.54, 1.807) is 0 Å². The summed E-state index contributed by atoms with van der Waals surface area (Å²) in [7, 11) is 0. The van der Waals surface area contributed by atoms with Gasteiger partial charge in [0, 0.05) is 25.4 Å². The first kappa shape index (κ1) is 12.7. The maximum absolute atomic E-state index is 12.5. The number of likely N-dealkylation sites (tertiary alicyclic amines) is 1. The minimum atomic E-state index is -0.719. The molecule has 1 aliphatic heterocycles. The second-order valence-electron chi connectivity index (χ2n) is 6.25. The van der Waals surface area contributed by atoms with E-state index in [-0.39, 0.29) is 18.3 Å². The highest BCUT2D eigenvalue weighted by Gasteiger charge is 2.41. The number of carboxylic acid groups (broad SMARTS) is 1. The van der Waals surface area contributed by atoms with Crippen molar-refractivity contribution < 1.29 is 14.7 Å². The number of amides is 1. The summed E-state index contributed by atoms with van der Waals surface area (Å²) in [6, 6.07) is 0. The maximum atomic E-state index is 12.5. The van der Waals surface area contributed by atoms with E-state index in [9.17, 15) is 9.59 Å². The molecule has 19 heavy (non-hydrogen) atoms. The molecule has 104 valence electrons. The first-order valence-electron chi connectivity index (χ1n) is 7.32. The van der Waals surface area contributed by atoms with E-state index in [4.69, 9.17) is 5.11 Å². The molecule has 2 aliphatic carbocycles. The lowest BCUT2D eigenvalue weighted by Gasteiger charge is -2.34. The summed E-state index contributed by atoms with van der Waals surface area (Å²) in [6.07, 6.45) is 8.59. The molecule has 3 unspecified atom stereocenters. The van der Waals surface area contributed by atoms with E-state index in [2.05, 4.69) is 12.2 Å². The van der Waals surface area contributed by atoms with Crippen LogP contribution in [0.15, 0.2) is 12.2 Å². The molecule has 1 saturated heterocycles. The Labute approximate surface area is 113 Å². The predicted octanol–water partition coefficient (Wildman–Crippen LogP) is 1.91. The van der Waals surface area contributed by atoms with Gasteiger partial charge < -0.3 is 10.0 Å². The Bertz CT molecular complexity index is 410. The second kappa shape index (κ2) is 4.99. The zero-order valence-electron chi connectivity index (χ0n) is 11.1. The third kappa shape index (κ3) is 2.53. The van der Waals surface area contributed by atoms with Gasteiger partial charge in [0.1, 0.15) is 0 Å². The highest BCUT2D eigenvalue weighted by Crippen LogP contribution is 2.44. The number of carboxylic acids is 1. The molecule has 4 nitrogen and oxygen atoms in total. The molecule has 0 spiro atoms. The molecule has 0 radical (unpaired) electrons. The lowest BCUT2D eigenvalue weighted by molar-refractivity contribution is -0.139. The first-order valence-corrected chi connectivity index (χ1v) is 7.32. The van der Waals surface area contributed by atoms with Gasteiger partial charge in [0.2, 0.25) is 5.91 Å². The summed E-state index contributed by atoms with van der Waals surface area (Å²) in [4.78, 5) is 25.2. The van der Waals surface area contributed by atoms with Gasteiger partial charge in [-0.2, -0.15) is 0 Å². The predicted molar refractivity (Wildman–Crippen MR) is 70.4 cm³/mol. The van der Waals surface area contributed by atoms with Gasteiger partial charge in [-0.25, -0.2) is 0 Å². The van der Waals surface area contributed by atoms with Crippen LogP contribution in [0.25, 0.3) is 0 Å². The van der Waals surface area contributed by atoms with Gasteiger partial charge in [0.25, 0.3) is 0 Å². The SMILES string of the molecule is O=C(O)CC1CCN(C(=O)C2CC3C=CC2C3)CC1. The van der Waals surface area contributed by atoms with E-state index >= 15 is 0 Å². The van der Waals surface area contributed by atoms with Crippen molar-refractivity contribution in [1.82, 2.24) is 4.90 Å². The standard InChI is InChI=1S/C15H21NO3/c17-14(18)9-10-3-5-16(6-4-10)15(19)13-8-11-1-2-12(13)7-11/h1-2,10-13H,3-9H2,(H,17,18). The van der Waals surface area contributed by atoms with Crippen molar-refractivity contribution in [3.05, 3.63) is 12.2 Å². The number of nitrogens with zero attached hydrogens (tertiary/aromatic N) is 1. The topological polar surface area (TPSA) is 57.6 Å². The Morgan fingerprint density at radius 1 is 1.16 bits per heavy atom. The summed E-state index contributed by atoms with van der Waals surface area (Å²) in [5.74, 6) is 1.14. The lowest BCUT2D eigenvalue weighted by Crippen LogP contribution is -2.43. The summed E-state index contributed by atoms with van der Waals surface area (Å²) >= 11 is 0.